The van der Waals surface area contributed by atoms with Crippen LogP contribution >= 0.6 is 11.3 Å². The average Bonchev–Trinajstić information content (AvgIpc) is 3.83. The van der Waals surface area contributed by atoms with Crippen molar-refractivity contribution in [2.24, 2.45) is 0 Å². The molecule has 0 atom stereocenters. The summed E-state index contributed by atoms with van der Waals surface area (Å²) in [6.07, 6.45) is 0. The average molecular weight is 720 g/mol. The minimum atomic E-state index is 0.907. The van der Waals surface area contributed by atoms with Gasteiger partial charge >= 0.3 is 0 Å². The monoisotopic (exact) mass is 719 g/mol. The van der Waals surface area contributed by atoms with E-state index in [2.05, 4.69) is 205 Å². The molecule has 0 N–H and O–H groups in total. The third-order valence-electron chi connectivity index (χ3n) is 10.9. The molecule has 2 aromatic heterocycles. The molecule has 2 nitrogen and oxygen atoms in total. The smallest absolute Gasteiger partial charge is 0.143 e. The summed E-state index contributed by atoms with van der Waals surface area (Å²) in [5.74, 6) is 0. The highest BCUT2D eigenvalue weighted by molar-refractivity contribution is 7.25. The first kappa shape index (κ1) is 31.6. The van der Waals surface area contributed by atoms with E-state index in [0.717, 1.165) is 55.5 Å². The highest BCUT2D eigenvalue weighted by atomic mass is 32.1. The van der Waals surface area contributed by atoms with Gasteiger partial charge in [0.25, 0.3) is 0 Å². The van der Waals surface area contributed by atoms with Gasteiger partial charge < -0.3 is 9.32 Å². The summed E-state index contributed by atoms with van der Waals surface area (Å²) in [7, 11) is 0. The topological polar surface area (TPSA) is 16.4 Å². The van der Waals surface area contributed by atoms with Gasteiger partial charge in [0.2, 0.25) is 0 Å². The molecule has 0 unspecified atom stereocenters. The normalized spacial score (nSPS) is 11.6. The molecule has 0 spiro atoms. The van der Waals surface area contributed by atoms with Gasteiger partial charge in [-0.2, -0.15) is 0 Å². The van der Waals surface area contributed by atoms with Crippen molar-refractivity contribution in [3.63, 3.8) is 0 Å². The van der Waals surface area contributed by atoms with Crippen molar-refractivity contribution in [3.05, 3.63) is 200 Å². The second-order valence-electron chi connectivity index (χ2n) is 14.1. The van der Waals surface area contributed by atoms with E-state index in [1.807, 2.05) is 11.3 Å². The molecule has 11 rings (SSSR count). The van der Waals surface area contributed by atoms with E-state index in [4.69, 9.17) is 4.42 Å². The minimum absolute atomic E-state index is 0.907. The fourth-order valence-electron chi connectivity index (χ4n) is 8.23. The minimum Gasteiger partial charge on any atom is -0.455 e. The first-order chi connectivity index (χ1) is 27.3. The Hall–Kier alpha value is -6.94. The third kappa shape index (κ3) is 5.32. The van der Waals surface area contributed by atoms with Crippen LogP contribution in [0, 0.1) is 0 Å². The fraction of sp³-hybridized carbons (Fsp3) is 0. The van der Waals surface area contributed by atoms with E-state index in [0.29, 0.717) is 0 Å². The number of furan rings is 1. The maximum Gasteiger partial charge on any atom is 0.143 e. The molecule has 0 radical (unpaired) electrons. The van der Waals surface area contributed by atoms with E-state index >= 15 is 0 Å². The summed E-state index contributed by atoms with van der Waals surface area (Å²) < 4.78 is 9.49. The third-order valence-corrected chi connectivity index (χ3v) is 12.0. The van der Waals surface area contributed by atoms with Gasteiger partial charge in [0.1, 0.15) is 11.2 Å². The maximum absolute atomic E-state index is 6.84. The van der Waals surface area contributed by atoms with Crippen LogP contribution in [0.2, 0.25) is 0 Å². The fourth-order valence-corrected chi connectivity index (χ4v) is 9.31. The molecule has 0 amide bonds. The Bertz CT molecular complexity index is 3180. The largest absolute Gasteiger partial charge is 0.455 e. The van der Waals surface area contributed by atoms with Crippen molar-refractivity contribution in [3.8, 4) is 33.4 Å². The molecule has 0 saturated carbocycles. The Labute approximate surface area is 322 Å². The number of rotatable bonds is 6. The zero-order valence-corrected chi connectivity index (χ0v) is 30.6. The second-order valence-corrected chi connectivity index (χ2v) is 15.2. The molecule has 55 heavy (non-hydrogen) atoms. The number of nitrogens with zero attached hydrogens (tertiary/aromatic N) is 1. The Kier molecular flexibility index (Phi) is 7.39. The van der Waals surface area contributed by atoms with E-state index in [9.17, 15) is 0 Å². The van der Waals surface area contributed by atoms with Gasteiger partial charge in [-0.3, -0.25) is 0 Å². The van der Waals surface area contributed by atoms with Crippen LogP contribution in [0.15, 0.2) is 205 Å². The molecule has 0 fully saturated rings. The van der Waals surface area contributed by atoms with E-state index in [-0.39, 0.29) is 0 Å². The summed E-state index contributed by atoms with van der Waals surface area (Å²) in [4.78, 5) is 2.32. The van der Waals surface area contributed by atoms with Crippen molar-refractivity contribution >= 4 is 81.3 Å². The highest BCUT2D eigenvalue weighted by Gasteiger charge is 2.18. The van der Waals surface area contributed by atoms with Gasteiger partial charge in [-0.25, -0.2) is 0 Å². The van der Waals surface area contributed by atoms with Gasteiger partial charge in [0.15, 0.2) is 0 Å². The van der Waals surface area contributed by atoms with Gasteiger partial charge in [-0.1, -0.05) is 140 Å². The molecule has 11 aromatic rings. The molecule has 3 heteroatoms. The maximum atomic E-state index is 6.84. The van der Waals surface area contributed by atoms with Crippen molar-refractivity contribution in [1.29, 1.82) is 0 Å². The summed E-state index contributed by atoms with van der Waals surface area (Å²) in [5.41, 5.74) is 12.2. The predicted octanol–water partition coefficient (Wildman–Crippen LogP) is 15.6. The van der Waals surface area contributed by atoms with Crippen LogP contribution in [-0.2, 0) is 0 Å². The lowest BCUT2D eigenvalue weighted by Crippen LogP contribution is -2.09. The molecule has 0 aliphatic rings. The van der Waals surface area contributed by atoms with Crippen molar-refractivity contribution < 1.29 is 4.42 Å². The molecule has 0 saturated heterocycles. The van der Waals surface area contributed by atoms with Gasteiger partial charge in [-0.05, 0) is 93.9 Å². The quantitative estimate of drug-likeness (QED) is 0.170. The van der Waals surface area contributed by atoms with E-state index in [1.54, 1.807) is 0 Å². The number of benzene rings is 9. The number of hydrogen-bond acceptors (Lipinski definition) is 3. The lowest BCUT2D eigenvalue weighted by atomic mass is 9.95. The summed E-state index contributed by atoms with van der Waals surface area (Å²) in [6.45, 7) is 0. The molecule has 258 valence electrons. The predicted molar refractivity (Wildman–Crippen MR) is 235 cm³/mol. The summed E-state index contributed by atoms with van der Waals surface area (Å²) >= 11 is 1.86. The Morgan fingerprint density at radius 3 is 1.62 bits per heavy atom. The van der Waals surface area contributed by atoms with Gasteiger partial charge in [0.05, 0.1) is 0 Å². The Balaban J connectivity index is 0.977. The first-order valence-corrected chi connectivity index (χ1v) is 19.5. The number of fused-ring (bicyclic) bond motifs is 8. The lowest BCUT2D eigenvalue weighted by molar-refractivity contribution is 0.674. The molecule has 9 aromatic carbocycles. The summed E-state index contributed by atoms with van der Waals surface area (Å²) in [5, 5.41) is 7.21. The van der Waals surface area contributed by atoms with E-state index < -0.39 is 0 Å². The zero-order valence-electron chi connectivity index (χ0n) is 29.8. The van der Waals surface area contributed by atoms with Crippen molar-refractivity contribution in [2.75, 3.05) is 4.90 Å². The zero-order chi connectivity index (χ0) is 36.3. The van der Waals surface area contributed by atoms with Gasteiger partial charge in [0, 0.05) is 59.0 Å². The van der Waals surface area contributed by atoms with Crippen LogP contribution in [0.5, 0.6) is 0 Å². The lowest BCUT2D eigenvalue weighted by Gasteiger charge is -2.26. The SMILES string of the molecule is c1ccc(-c2cc3c4cccc(-c5ccc(N(c6ccccc6)c6ccc(-c7ccc8sc9ccccc9c8c7)cc6)cc5)c4oc3c3ccccc23)cc1. The molecule has 0 aliphatic carbocycles. The van der Waals surface area contributed by atoms with Crippen molar-refractivity contribution in [2.45, 2.75) is 0 Å². The molecular formula is C52H33NOS. The van der Waals surface area contributed by atoms with Crippen LogP contribution in [-0.4, -0.2) is 0 Å². The molecule has 0 bridgehead atoms. The van der Waals surface area contributed by atoms with E-state index in [1.165, 1.54) is 47.8 Å². The molecule has 2 heterocycles. The number of anilines is 3. The Morgan fingerprint density at radius 1 is 0.309 bits per heavy atom. The van der Waals surface area contributed by atoms with Crippen LogP contribution in [0.3, 0.4) is 0 Å². The standard InChI is InChI=1S/C52H33NOS/c1-3-12-35(13-4-1)46-33-48-45-20-11-19-41(51(45)54-52(48)44-18-8-7-16-42(44)46)36-24-29-40(30-25-36)53(38-14-5-2-6-15-38)39-27-22-34(23-28-39)37-26-31-50-47(32-37)43-17-9-10-21-49(43)55-50/h1-33H. The molecular weight excluding hydrogens is 687 g/mol. The molecule has 0 aliphatic heterocycles. The van der Waals surface area contributed by atoms with Crippen LogP contribution in [0.25, 0.3) is 86.3 Å². The second kappa shape index (κ2) is 12.9. The van der Waals surface area contributed by atoms with Gasteiger partial charge in [-0.15, -0.1) is 11.3 Å². The Morgan fingerprint density at radius 2 is 0.855 bits per heavy atom. The number of para-hydroxylation sites is 2. The van der Waals surface area contributed by atoms with Crippen LogP contribution in [0.1, 0.15) is 0 Å². The van der Waals surface area contributed by atoms with Crippen molar-refractivity contribution in [1.82, 2.24) is 0 Å². The van der Waals surface area contributed by atoms with Crippen LogP contribution in [0.4, 0.5) is 17.1 Å². The van der Waals surface area contributed by atoms with Crippen LogP contribution < -0.4 is 4.90 Å². The first-order valence-electron chi connectivity index (χ1n) is 18.7. The highest BCUT2D eigenvalue weighted by Crippen LogP contribution is 2.44. The summed E-state index contributed by atoms with van der Waals surface area (Å²) in [6, 6.07) is 72.0. The number of thiophene rings is 1. The number of hydrogen-bond donors (Lipinski definition) is 0.